The summed E-state index contributed by atoms with van der Waals surface area (Å²) in [6, 6.07) is 1.47. The van der Waals surface area contributed by atoms with Crippen LogP contribution in [0.4, 0.5) is 13.2 Å². The summed E-state index contributed by atoms with van der Waals surface area (Å²) in [6.45, 7) is 3.19. The van der Waals surface area contributed by atoms with Gasteiger partial charge in [-0.05, 0) is 26.0 Å². The van der Waals surface area contributed by atoms with Crippen molar-refractivity contribution >= 4 is 5.97 Å². The Morgan fingerprint density at radius 2 is 1.90 bits per heavy atom. The zero-order valence-corrected chi connectivity index (χ0v) is 10.7. The molecule has 0 radical (unpaired) electrons. The molecule has 0 saturated carbocycles. The summed E-state index contributed by atoms with van der Waals surface area (Å²) in [5.74, 6) is -4.94. The van der Waals surface area contributed by atoms with Gasteiger partial charge in [-0.25, -0.2) is 18.0 Å². The van der Waals surface area contributed by atoms with Crippen molar-refractivity contribution in [1.82, 2.24) is 5.16 Å². The SMILES string of the molecule is CCOC(=O)c1c(-c2cc(F)c(F)c(F)c2)noc1C. The molecular formula is C13H10F3NO3. The van der Waals surface area contributed by atoms with Crippen molar-refractivity contribution in [2.45, 2.75) is 13.8 Å². The van der Waals surface area contributed by atoms with Crippen LogP contribution in [0.5, 0.6) is 0 Å². The maximum atomic E-state index is 13.2. The quantitative estimate of drug-likeness (QED) is 0.641. The van der Waals surface area contributed by atoms with Crippen molar-refractivity contribution in [2.75, 3.05) is 6.61 Å². The van der Waals surface area contributed by atoms with E-state index in [9.17, 15) is 18.0 Å². The molecule has 2 aromatic rings. The lowest BCUT2D eigenvalue weighted by atomic mass is 10.1. The molecule has 1 aromatic carbocycles. The highest BCUT2D eigenvalue weighted by Gasteiger charge is 2.24. The van der Waals surface area contributed by atoms with Gasteiger partial charge >= 0.3 is 5.97 Å². The summed E-state index contributed by atoms with van der Waals surface area (Å²) in [6.07, 6.45) is 0. The number of hydrogen-bond acceptors (Lipinski definition) is 4. The maximum absolute atomic E-state index is 13.2. The van der Waals surface area contributed by atoms with E-state index in [1.54, 1.807) is 6.92 Å². The van der Waals surface area contributed by atoms with Gasteiger partial charge in [-0.3, -0.25) is 0 Å². The monoisotopic (exact) mass is 285 g/mol. The van der Waals surface area contributed by atoms with Gasteiger partial charge in [0, 0.05) is 5.56 Å². The minimum absolute atomic E-state index is 0.0442. The van der Waals surface area contributed by atoms with Crippen LogP contribution in [-0.2, 0) is 4.74 Å². The smallest absolute Gasteiger partial charge is 0.344 e. The van der Waals surface area contributed by atoms with Crippen molar-refractivity contribution in [3.05, 3.63) is 40.9 Å². The highest BCUT2D eigenvalue weighted by Crippen LogP contribution is 2.28. The first-order chi connectivity index (χ1) is 9.45. The molecule has 2 rings (SSSR count). The fourth-order valence-electron chi connectivity index (χ4n) is 1.71. The number of aromatic nitrogens is 1. The number of rotatable bonds is 3. The third-order valence-corrected chi connectivity index (χ3v) is 2.60. The Morgan fingerprint density at radius 3 is 2.45 bits per heavy atom. The Morgan fingerprint density at radius 1 is 1.30 bits per heavy atom. The Bertz CT molecular complexity index is 644. The summed E-state index contributed by atoms with van der Waals surface area (Å²) >= 11 is 0. The van der Waals surface area contributed by atoms with Gasteiger partial charge < -0.3 is 9.26 Å². The molecule has 7 heteroatoms. The zero-order valence-electron chi connectivity index (χ0n) is 10.7. The number of esters is 1. The molecule has 0 amide bonds. The molecule has 106 valence electrons. The zero-order chi connectivity index (χ0) is 14.9. The Balaban J connectivity index is 2.57. The Hall–Kier alpha value is -2.31. The third-order valence-electron chi connectivity index (χ3n) is 2.60. The molecule has 20 heavy (non-hydrogen) atoms. The summed E-state index contributed by atoms with van der Waals surface area (Å²) in [4.78, 5) is 11.8. The molecule has 0 aliphatic heterocycles. The van der Waals surface area contributed by atoms with Crippen LogP contribution < -0.4 is 0 Å². The number of halogens is 3. The number of ether oxygens (including phenoxy) is 1. The van der Waals surface area contributed by atoms with Crippen molar-refractivity contribution in [1.29, 1.82) is 0 Å². The van der Waals surface area contributed by atoms with Gasteiger partial charge in [0.25, 0.3) is 0 Å². The second-order valence-electron chi connectivity index (χ2n) is 3.94. The minimum Gasteiger partial charge on any atom is -0.462 e. The molecule has 4 nitrogen and oxygen atoms in total. The molecular weight excluding hydrogens is 275 g/mol. The standard InChI is InChI=1S/C13H10F3NO3/c1-3-19-13(18)10-6(2)20-17-12(10)7-4-8(14)11(16)9(15)5-7/h4-5H,3H2,1-2H3. The van der Waals surface area contributed by atoms with Gasteiger partial charge in [-0.15, -0.1) is 0 Å². The van der Waals surface area contributed by atoms with E-state index in [1.165, 1.54) is 6.92 Å². The normalized spacial score (nSPS) is 10.7. The molecule has 1 aromatic heterocycles. The van der Waals surface area contributed by atoms with Gasteiger partial charge in [0.2, 0.25) is 0 Å². The predicted molar refractivity (Wildman–Crippen MR) is 62.5 cm³/mol. The number of carbonyl (C=O) groups excluding carboxylic acids is 1. The van der Waals surface area contributed by atoms with Crippen molar-refractivity contribution < 1.29 is 27.2 Å². The van der Waals surface area contributed by atoms with E-state index in [-0.39, 0.29) is 29.2 Å². The van der Waals surface area contributed by atoms with E-state index in [4.69, 9.17) is 9.26 Å². The van der Waals surface area contributed by atoms with Gasteiger partial charge in [0.15, 0.2) is 17.5 Å². The lowest BCUT2D eigenvalue weighted by Gasteiger charge is -2.04. The average Bonchev–Trinajstić information content (AvgIpc) is 2.77. The lowest BCUT2D eigenvalue weighted by molar-refractivity contribution is 0.0525. The molecule has 1 heterocycles. The largest absolute Gasteiger partial charge is 0.462 e. The predicted octanol–water partition coefficient (Wildman–Crippen LogP) is 3.24. The Labute approximate surface area is 112 Å². The first-order valence-electron chi connectivity index (χ1n) is 5.74. The fourth-order valence-corrected chi connectivity index (χ4v) is 1.71. The van der Waals surface area contributed by atoms with E-state index in [1.807, 2.05) is 0 Å². The molecule has 0 spiro atoms. The molecule has 0 fully saturated rings. The first kappa shape index (κ1) is 14.1. The minimum atomic E-state index is -1.59. The topological polar surface area (TPSA) is 52.3 Å². The molecule has 0 atom stereocenters. The van der Waals surface area contributed by atoms with E-state index >= 15 is 0 Å². The van der Waals surface area contributed by atoms with Crippen LogP contribution in [0.15, 0.2) is 16.7 Å². The maximum Gasteiger partial charge on any atom is 0.344 e. The molecule has 0 unspecified atom stereocenters. The van der Waals surface area contributed by atoms with Gasteiger partial charge in [0.1, 0.15) is 17.0 Å². The van der Waals surface area contributed by atoms with Crippen LogP contribution in [0.1, 0.15) is 23.0 Å². The van der Waals surface area contributed by atoms with Crippen LogP contribution in [-0.4, -0.2) is 17.7 Å². The second kappa shape index (κ2) is 5.36. The van der Waals surface area contributed by atoms with E-state index < -0.39 is 23.4 Å². The Kier molecular flexibility index (Phi) is 3.78. The van der Waals surface area contributed by atoms with Gasteiger partial charge in [0.05, 0.1) is 6.61 Å². The highest BCUT2D eigenvalue weighted by molar-refractivity contribution is 5.97. The van der Waals surface area contributed by atoms with Gasteiger partial charge in [-0.1, -0.05) is 5.16 Å². The highest BCUT2D eigenvalue weighted by atomic mass is 19.2. The summed E-state index contributed by atoms with van der Waals surface area (Å²) in [5.41, 5.74) is -0.252. The average molecular weight is 285 g/mol. The molecule has 0 bridgehead atoms. The van der Waals surface area contributed by atoms with Crippen LogP contribution >= 0.6 is 0 Å². The third kappa shape index (κ3) is 2.38. The van der Waals surface area contributed by atoms with Crippen LogP contribution in [0.2, 0.25) is 0 Å². The first-order valence-corrected chi connectivity index (χ1v) is 5.74. The van der Waals surface area contributed by atoms with Crippen LogP contribution in [0.3, 0.4) is 0 Å². The van der Waals surface area contributed by atoms with E-state index in [0.29, 0.717) is 0 Å². The second-order valence-corrected chi connectivity index (χ2v) is 3.94. The summed E-state index contributed by atoms with van der Waals surface area (Å²) in [7, 11) is 0. The number of hydrogen-bond donors (Lipinski definition) is 0. The molecule has 0 aliphatic rings. The number of nitrogens with zero attached hydrogens (tertiary/aromatic N) is 1. The van der Waals surface area contributed by atoms with Crippen molar-refractivity contribution in [3.8, 4) is 11.3 Å². The van der Waals surface area contributed by atoms with Crippen molar-refractivity contribution in [3.63, 3.8) is 0 Å². The van der Waals surface area contributed by atoms with Gasteiger partial charge in [-0.2, -0.15) is 0 Å². The fraction of sp³-hybridized carbons (Fsp3) is 0.231. The molecule has 0 aliphatic carbocycles. The molecule has 0 N–H and O–H groups in total. The van der Waals surface area contributed by atoms with Crippen LogP contribution in [0, 0.1) is 24.4 Å². The number of carbonyl (C=O) groups is 1. The summed E-state index contributed by atoms with van der Waals surface area (Å²) in [5, 5.41) is 3.57. The number of benzene rings is 1. The molecule has 0 saturated heterocycles. The van der Waals surface area contributed by atoms with E-state index in [2.05, 4.69) is 5.16 Å². The number of aryl methyl sites for hydroxylation is 1. The lowest BCUT2D eigenvalue weighted by Crippen LogP contribution is -2.07. The van der Waals surface area contributed by atoms with Crippen molar-refractivity contribution in [2.24, 2.45) is 0 Å². The van der Waals surface area contributed by atoms with Crippen LogP contribution in [0.25, 0.3) is 11.3 Å². The van der Waals surface area contributed by atoms with E-state index in [0.717, 1.165) is 12.1 Å². The summed E-state index contributed by atoms with van der Waals surface area (Å²) < 4.78 is 49.0.